The molecule has 0 aliphatic rings. The molecule has 88 valence electrons. The number of hydrogen-bond donors (Lipinski definition) is 1. The number of nitro benzene ring substituents is 1. The van der Waals surface area contributed by atoms with E-state index in [2.05, 4.69) is 9.97 Å². The molecule has 1 N–H and O–H groups in total. The molecule has 1 aromatic heterocycles. The van der Waals surface area contributed by atoms with Crippen LogP contribution in [0.1, 0.15) is 5.56 Å². The van der Waals surface area contributed by atoms with Gasteiger partial charge in [-0.15, -0.1) is 0 Å². The molecule has 2 aromatic rings. The Bertz CT molecular complexity index is 715. The van der Waals surface area contributed by atoms with Crippen LogP contribution in [-0.4, -0.2) is 14.9 Å². The first-order chi connectivity index (χ1) is 8.63. The van der Waals surface area contributed by atoms with Crippen LogP contribution >= 0.6 is 0 Å². The van der Waals surface area contributed by atoms with Crippen molar-refractivity contribution in [2.75, 3.05) is 0 Å². The van der Waals surface area contributed by atoms with E-state index in [-0.39, 0.29) is 22.6 Å². The maximum atomic E-state index is 11.4. The molecule has 0 amide bonds. The Labute approximate surface area is 100 Å². The van der Waals surface area contributed by atoms with Gasteiger partial charge < -0.3 is 4.98 Å². The van der Waals surface area contributed by atoms with Gasteiger partial charge in [-0.1, -0.05) is 12.1 Å². The van der Waals surface area contributed by atoms with Crippen molar-refractivity contribution in [1.29, 1.82) is 5.26 Å². The first-order valence-electron chi connectivity index (χ1n) is 4.86. The molecule has 7 nitrogen and oxygen atoms in total. The molecule has 0 aliphatic heterocycles. The molecule has 0 atom stereocenters. The van der Waals surface area contributed by atoms with Crippen LogP contribution in [0.3, 0.4) is 0 Å². The van der Waals surface area contributed by atoms with Gasteiger partial charge in [-0.05, 0) is 6.07 Å². The fraction of sp³-hybridized carbons (Fsp3) is 0. The fourth-order valence-electron chi connectivity index (χ4n) is 1.44. The van der Waals surface area contributed by atoms with Crippen molar-refractivity contribution in [3.63, 3.8) is 0 Å². The Morgan fingerprint density at radius 2 is 2.11 bits per heavy atom. The summed E-state index contributed by atoms with van der Waals surface area (Å²) in [6.07, 6.45) is 1.09. The summed E-state index contributed by atoms with van der Waals surface area (Å²) in [4.78, 5) is 27.9. The topological polar surface area (TPSA) is 113 Å². The standard InChI is InChI=1S/C11H6N4O3/c12-5-7-6-13-10(14-11(7)16)8-3-1-2-4-9(8)15(17)18/h1-4,6H,(H,13,14,16). The number of aromatic nitrogens is 2. The van der Waals surface area contributed by atoms with Gasteiger partial charge in [-0.2, -0.15) is 5.26 Å². The lowest BCUT2D eigenvalue weighted by molar-refractivity contribution is -0.384. The minimum absolute atomic E-state index is 0.0614. The van der Waals surface area contributed by atoms with Crippen LogP contribution in [0.15, 0.2) is 35.3 Å². The van der Waals surface area contributed by atoms with Crippen LogP contribution in [-0.2, 0) is 0 Å². The maximum Gasteiger partial charge on any atom is 0.280 e. The third-order valence-electron chi connectivity index (χ3n) is 2.28. The lowest BCUT2D eigenvalue weighted by Crippen LogP contribution is -2.12. The summed E-state index contributed by atoms with van der Waals surface area (Å²) in [7, 11) is 0. The predicted octanol–water partition coefficient (Wildman–Crippen LogP) is 1.22. The van der Waals surface area contributed by atoms with Gasteiger partial charge in [0.05, 0.1) is 16.7 Å². The van der Waals surface area contributed by atoms with Crippen molar-refractivity contribution in [2.24, 2.45) is 0 Å². The van der Waals surface area contributed by atoms with Crippen LogP contribution in [0.2, 0.25) is 0 Å². The van der Waals surface area contributed by atoms with E-state index in [1.807, 2.05) is 0 Å². The van der Waals surface area contributed by atoms with Crippen LogP contribution in [0.25, 0.3) is 11.4 Å². The van der Waals surface area contributed by atoms with Crippen LogP contribution in [0.5, 0.6) is 0 Å². The smallest absolute Gasteiger partial charge is 0.280 e. The molecule has 1 aromatic carbocycles. The monoisotopic (exact) mass is 242 g/mol. The summed E-state index contributed by atoms with van der Waals surface area (Å²) in [5.74, 6) is 0.0614. The summed E-state index contributed by atoms with van der Waals surface area (Å²) >= 11 is 0. The quantitative estimate of drug-likeness (QED) is 0.628. The van der Waals surface area contributed by atoms with E-state index in [1.165, 1.54) is 18.2 Å². The largest absolute Gasteiger partial charge is 0.305 e. The maximum absolute atomic E-state index is 11.4. The molecule has 0 saturated carbocycles. The van der Waals surface area contributed by atoms with Crippen molar-refractivity contribution in [2.45, 2.75) is 0 Å². The zero-order valence-electron chi connectivity index (χ0n) is 8.95. The number of hydrogen-bond acceptors (Lipinski definition) is 5. The van der Waals surface area contributed by atoms with Crippen molar-refractivity contribution in [3.8, 4) is 17.5 Å². The minimum Gasteiger partial charge on any atom is -0.305 e. The molecule has 0 bridgehead atoms. The number of nitrogens with zero attached hydrogens (tertiary/aromatic N) is 3. The van der Waals surface area contributed by atoms with E-state index in [9.17, 15) is 14.9 Å². The van der Waals surface area contributed by atoms with Crippen molar-refractivity contribution in [1.82, 2.24) is 9.97 Å². The zero-order valence-corrected chi connectivity index (χ0v) is 8.95. The van der Waals surface area contributed by atoms with Gasteiger partial charge in [0.1, 0.15) is 17.5 Å². The molecule has 0 saturated heterocycles. The van der Waals surface area contributed by atoms with E-state index >= 15 is 0 Å². The number of nitro groups is 1. The van der Waals surface area contributed by atoms with E-state index in [1.54, 1.807) is 12.1 Å². The van der Waals surface area contributed by atoms with E-state index in [4.69, 9.17) is 5.26 Å². The Morgan fingerprint density at radius 3 is 2.72 bits per heavy atom. The molecule has 7 heteroatoms. The van der Waals surface area contributed by atoms with Gasteiger partial charge in [0.25, 0.3) is 11.2 Å². The Kier molecular flexibility index (Phi) is 2.85. The molecule has 18 heavy (non-hydrogen) atoms. The lowest BCUT2D eigenvalue weighted by atomic mass is 10.1. The minimum atomic E-state index is -0.624. The third-order valence-corrected chi connectivity index (χ3v) is 2.28. The Hall–Kier alpha value is -3.01. The molecule has 0 aliphatic carbocycles. The molecule has 0 spiro atoms. The summed E-state index contributed by atoms with van der Waals surface area (Å²) in [6, 6.07) is 7.57. The van der Waals surface area contributed by atoms with Crippen LogP contribution < -0.4 is 5.56 Å². The summed E-state index contributed by atoms with van der Waals surface area (Å²) in [6.45, 7) is 0. The second-order valence-corrected chi connectivity index (χ2v) is 3.36. The van der Waals surface area contributed by atoms with Gasteiger partial charge in [-0.25, -0.2) is 4.98 Å². The highest BCUT2D eigenvalue weighted by Crippen LogP contribution is 2.25. The summed E-state index contributed by atoms with van der Waals surface area (Å²) in [5, 5.41) is 19.4. The molecular formula is C11H6N4O3. The van der Waals surface area contributed by atoms with E-state index in [0.29, 0.717) is 0 Å². The average molecular weight is 242 g/mol. The van der Waals surface area contributed by atoms with Gasteiger partial charge in [0, 0.05) is 6.07 Å². The number of nitriles is 1. The number of para-hydroxylation sites is 1. The van der Waals surface area contributed by atoms with Crippen molar-refractivity contribution >= 4 is 5.69 Å². The van der Waals surface area contributed by atoms with Crippen LogP contribution in [0, 0.1) is 21.4 Å². The second kappa shape index (κ2) is 4.47. The van der Waals surface area contributed by atoms with E-state index in [0.717, 1.165) is 6.20 Å². The van der Waals surface area contributed by atoms with Crippen LogP contribution in [0.4, 0.5) is 5.69 Å². The lowest BCUT2D eigenvalue weighted by Gasteiger charge is -2.01. The number of H-pyrrole nitrogens is 1. The third kappa shape index (κ3) is 1.94. The fourth-order valence-corrected chi connectivity index (χ4v) is 1.44. The molecule has 0 fully saturated rings. The first kappa shape index (κ1) is 11.5. The highest BCUT2D eigenvalue weighted by atomic mass is 16.6. The van der Waals surface area contributed by atoms with Crippen molar-refractivity contribution in [3.05, 3.63) is 56.5 Å². The van der Waals surface area contributed by atoms with Crippen molar-refractivity contribution < 1.29 is 4.92 Å². The molecule has 0 radical (unpaired) electrons. The number of aromatic amines is 1. The molecule has 1 heterocycles. The second-order valence-electron chi connectivity index (χ2n) is 3.36. The number of nitrogens with one attached hydrogen (secondary N) is 1. The highest BCUT2D eigenvalue weighted by molar-refractivity contribution is 5.67. The number of benzene rings is 1. The molecular weight excluding hydrogens is 236 g/mol. The number of rotatable bonds is 2. The predicted molar refractivity (Wildman–Crippen MR) is 61.7 cm³/mol. The summed E-state index contributed by atoms with van der Waals surface area (Å²) < 4.78 is 0. The van der Waals surface area contributed by atoms with Gasteiger partial charge in [0.15, 0.2) is 0 Å². The van der Waals surface area contributed by atoms with E-state index < -0.39 is 10.5 Å². The molecule has 0 unspecified atom stereocenters. The SMILES string of the molecule is N#Cc1cnc(-c2ccccc2[N+](=O)[O-])[nH]c1=O. The molecule has 2 rings (SSSR count). The highest BCUT2D eigenvalue weighted by Gasteiger charge is 2.16. The first-order valence-corrected chi connectivity index (χ1v) is 4.86. The zero-order chi connectivity index (χ0) is 13.1. The Balaban J connectivity index is 2.64. The average Bonchev–Trinajstić information content (AvgIpc) is 2.38. The van der Waals surface area contributed by atoms with Gasteiger partial charge in [-0.3, -0.25) is 14.9 Å². The van der Waals surface area contributed by atoms with Gasteiger partial charge >= 0.3 is 0 Å². The normalized spacial score (nSPS) is 9.72. The summed E-state index contributed by atoms with van der Waals surface area (Å²) in [5.41, 5.74) is -0.729. The van der Waals surface area contributed by atoms with Gasteiger partial charge in [0.2, 0.25) is 0 Å². The Morgan fingerprint density at radius 1 is 1.39 bits per heavy atom.